The van der Waals surface area contributed by atoms with Gasteiger partial charge < -0.3 is 15.8 Å². The van der Waals surface area contributed by atoms with Crippen LogP contribution in [0.15, 0.2) is 5.16 Å². The monoisotopic (exact) mass is 173 g/mol. The van der Waals surface area contributed by atoms with Crippen LogP contribution < -0.4 is 5.73 Å². The van der Waals surface area contributed by atoms with Crippen LogP contribution in [-0.2, 0) is 4.79 Å². The van der Waals surface area contributed by atoms with Gasteiger partial charge in [0.25, 0.3) is 0 Å². The van der Waals surface area contributed by atoms with E-state index in [4.69, 9.17) is 10.9 Å². The Morgan fingerprint density at radius 3 is 2.67 bits per heavy atom. The molecule has 0 fully saturated rings. The van der Waals surface area contributed by atoms with Gasteiger partial charge in [-0.2, -0.15) is 0 Å². The molecule has 0 spiro atoms. The second-order valence-corrected chi connectivity index (χ2v) is 2.58. The molecule has 0 atom stereocenters. The molecule has 12 heavy (non-hydrogen) atoms. The number of nitrogens with zero attached hydrogens (tertiary/aromatic N) is 2. The predicted octanol–water partition coefficient (Wildman–Crippen LogP) is -0.00870. The van der Waals surface area contributed by atoms with Crippen LogP contribution in [0.25, 0.3) is 0 Å². The summed E-state index contributed by atoms with van der Waals surface area (Å²) in [7, 11) is 1.69. The number of amides is 1. The van der Waals surface area contributed by atoms with E-state index in [1.807, 2.05) is 6.92 Å². The van der Waals surface area contributed by atoms with E-state index >= 15 is 0 Å². The Hall–Kier alpha value is -1.26. The molecule has 0 heterocycles. The molecule has 5 heteroatoms. The zero-order valence-electron chi connectivity index (χ0n) is 7.45. The summed E-state index contributed by atoms with van der Waals surface area (Å²) in [6, 6.07) is 0. The molecular weight excluding hydrogens is 158 g/mol. The first kappa shape index (κ1) is 10.7. The zero-order valence-corrected chi connectivity index (χ0v) is 7.45. The van der Waals surface area contributed by atoms with Crippen molar-refractivity contribution >= 4 is 11.7 Å². The number of rotatable bonds is 4. The van der Waals surface area contributed by atoms with Crippen molar-refractivity contribution in [1.82, 2.24) is 4.90 Å². The molecule has 0 aliphatic rings. The second kappa shape index (κ2) is 5.40. The van der Waals surface area contributed by atoms with Crippen molar-refractivity contribution in [2.24, 2.45) is 10.9 Å². The number of carbonyl (C=O) groups is 1. The first-order valence-electron chi connectivity index (χ1n) is 3.82. The molecule has 5 nitrogen and oxygen atoms in total. The third kappa shape index (κ3) is 3.80. The summed E-state index contributed by atoms with van der Waals surface area (Å²) < 4.78 is 0. The minimum absolute atomic E-state index is 0.0208. The Bertz CT molecular complexity index is 179. The Kier molecular flexibility index (Phi) is 4.83. The van der Waals surface area contributed by atoms with Gasteiger partial charge >= 0.3 is 0 Å². The van der Waals surface area contributed by atoms with Gasteiger partial charge in [0.2, 0.25) is 5.91 Å². The predicted molar refractivity (Wildman–Crippen MR) is 46.0 cm³/mol. The van der Waals surface area contributed by atoms with Crippen molar-refractivity contribution in [2.75, 3.05) is 13.6 Å². The number of oxime groups is 1. The normalized spacial score (nSPS) is 11.3. The fourth-order valence-corrected chi connectivity index (χ4v) is 0.785. The molecule has 70 valence electrons. The summed E-state index contributed by atoms with van der Waals surface area (Å²) in [5.74, 6) is -0.185. The average Bonchev–Trinajstić information content (AvgIpc) is 2.04. The Morgan fingerprint density at radius 2 is 2.25 bits per heavy atom. The SMILES string of the molecule is CCCN(C)C(=O)C/C(N)=N/O. The summed E-state index contributed by atoms with van der Waals surface area (Å²) in [5, 5.41) is 10.9. The van der Waals surface area contributed by atoms with Crippen LogP contribution in [0.1, 0.15) is 19.8 Å². The largest absolute Gasteiger partial charge is 0.409 e. The maximum absolute atomic E-state index is 11.2. The average molecular weight is 173 g/mol. The lowest BCUT2D eigenvalue weighted by Crippen LogP contribution is -2.31. The molecule has 0 aromatic rings. The van der Waals surface area contributed by atoms with Gasteiger partial charge in [-0.3, -0.25) is 4.79 Å². The molecular formula is C7H15N3O2. The lowest BCUT2D eigenvalue weighted by molar-refractivity contribution is -0.128. The van der Waals surface area contributed by atoms with Crippen LogP contribution in [0.5, 0.6) is 0 Å². The van der Waals surface area contributed by atoms with E-state index < -0.39 is 0 Å². The standard InChI is InChI=1S/C7H15N3O2/c1-3-4-10(2)7(11)5-6(8)9-12/h12H,3-5H2,1-2H3,(H2,8,9). The summed E-state index contributed by atoms with van der Waals surface area (Å²) in [4.78, 5) is 12.7. The van der Waals surface area contributed by atoms with E-state index in [9.17, 15) is 4.79 Å². The van der Waals surface area contributed by atoms with Crippen molar-refractivity contribution in [1.29, 1.82) is 0 Å². The minimum Gasteiger partial charge on any atom is -0.409 e. The smallest absolute Gasteiger partial charge is 0.230 e. The maximum Gasteiger partial charge on any atom is 0.230 e. The van der Waals surface area contributed by atoms with E-state index in [0.717, 1.165) is 6.42 Å². The van der Waals surface area contributed by atoms with Gasteiger partial charge in [-0.1, -0.05) is 12.1 Å². The van der Waals surface area contributed by atoms with Gasteiger partial charge in [-0.25, -0.2) is 0 Å². The minimum atomic E-state index is -0.132. The van der Waals surface area contributed by atoms with Crippen LogP contribution in [-0.4, -0.2) is 35.4 Å². The highest BCUT2D eigenvalue weighted by Crippen LogP contribution is 1.92. The molecule has 1 amide bonds. The molecule has 0 saturated carbocycles. The number of carbonyl (C=O) groups excluding carboxylic acids is 1. The van der Waals surface area contributed by atoms with Crippen molar-refractivity contribution in [3.05, 3.63) is 0 Å². The summed E-state index contributed by atoms with van der Waals surface area (Å²) in [5.41, 5.74) is 5.16. The third-order valence-electron chi connectivity index (χ3n) is 1.45. The molecule has 0 saturated heterocycles. The van der Waals surface area contributed by atoms with Crippen LogP contribution in [0.4, 0.5) is 0 Å². The van der Waals surface area contributed by atoms with E-state index in [1.54, 1.807) is 11.9 Å². The van der Waals surface area contributed by atoms with Crippen LogP contribution >= 0.6 is 0 Å². The highest BCUT2D eigenvalue weighted by Gasteiger charge is 2.09. The topological polar surface area (TPSA) is 78.9 Å². The Morgan fingerprint density at radius 1 is 1.67 bits per heavy atom. The molecule has 0 bridgehead atoms. The fraction of sp³-hybridized carbons (Fsp3) is 0.714. The van der Waals surface area contributed by atoms with Gasteiger partial charge in [0.15, 0.2) is 0 Å². The van der Waals surface area contributed by atoms with Crippen LogP contribution in [0.2, 0.25) is 0 Å². The number of hydrogen-bond donors (Lipinski definition) is 2. The van der Waals surface area contributed by atoms with Crippen molar-refractivity contribution in [3.8, 4) is 0 Å². The number of hydrogen-bond acceptors (Lipinski definition) is 3. The molecule has 0 aromatic heterocycles. The van der Waals surface area contributed by atoms with E-state index in [-0.39, 0.29) is 18.2 Å². The lowest BCUT2D eigenvalue weighted by Gasteiger charge is -2.14. The highest BCUT2D eigenvalue weighted by atomic mass is 16.4. The molecule has 0 aromatic carbocycles. The van der Waals surface area contributed by atoms with E-state index in [1.165, 1.54) is 0 Å². The first-order valence-corrected chi connectivity index (χ1v) is 3.82. The summed E-state index contributed by atoms with van der Waals surface area (Å²) >= 11 is 0. The molecule has 0 aliphatic heterocycles. The van der Waals surface area contributed by atoms with Gasteiger partial charge in [0.1, 0.15) is 5.84 Å². The first-order chi connectivity index (χ1) is 5.61. The van der Waals surface area contributed by atoms with Gasteiger partial charge in [-0.15, -0.1) is 0 Å². The molecule has 0 radical (unpaired) electrons. The lowest BCUT2D eigenvalue weighted by atomic mass is 10.3. The Balaban J connectivity index is 3.87. The molecule has 0 unspecified atom stereocenters. The summed E-state index contributed by atoms with van der Waals surface area (Å²) in [6.07, 6.45) is 0.880. The maximum atomic E-state index is 11.2. The van der Waals surface area contributed by atoms with Crippen molar-refractivity contribution < 1.29 is 10.0 Å². The summed E-state index contributed by atoms with van der Waals surface area (Å²) in [6.45, 7) is 2.67. The van der Waals surface area contributed by atoms with E-state index in [0.29, 0.717) is 6.54 Å². The van der Waals surface area contributed by atoms with Gasteiger partial charge in [0.05, 0.1) is 6.42 Å². The number of amidine groups is 1. The number of nitrogens with two attached hydrogens (primary N) is 1. The zero-order chi connectivity index (χ0) is 9.56. The Labute approximate surface area is 71.8 Å². The fourth-order valence-electron chi connectivity index (χ4n) is 0.785. The molecule has 3 N–H and O–H groups in total. The van der Waals surface area contributed by atoms with Crippen molar-refractivity contribution in [3.63, 3.8) is 0 Å². The van der Waals surface area contributed by atoms with Crippen LogP contribution in [0, 0.1) is 0 Å². The molecule has 0 aliphatic carbocycles. The third-order valence-corrected chi connectivity index (χ3v) is 1.45. The van der Waals surface area contributed by atoms with Crippen LogP contribution in [0.3, 0.4) is 0 Å². The highest BCUT2D eigenvalue weighted by molar-refractivity contribution is 5.98. The van der Waals surface area contributed by atoms with Crippen molar-refractivity contribution in [2.45, 2.75) is 19.8 Å². The van der Waals surface area contributed by atoms with Gasteiger partial charge in [0, 0.05) is 13.6 Å². The quantitative estimate of drug-likeness (QED) is 0.271. The van der Waals surface area contributed by atoms with Gasteiger partial charge in [-0.05, 0) is 6.42 Å². The second-order valence-electron chi connectivity index (χ2n) is 2.58. The molecule has 0 rings (SSSR count). The van der Waals surface area contributed by atoms with E-state index in [2.05, 4.69) is 5.16 Å².